The van der Waals surface area contributed by atoms with Gasteiger partial charge in [0.15, 0.2) is 0 Å². The van der Waals surface area contributed by atoms with Gasteiger partial charge in [-0.3, -0.25) is 4.79 Å². The highest BCUT2D eigenvalue weighted by atomic mass is 35.5. The van der Waals surface area contributed by atoms with Crippen LogP contribution in [0.3, 0.4) is 0 Å². The predicted molar refractivity (Wildman–Crippen MR) is 101 cm³/mol. The molecule has 1 unspecified atom stereocenters. The summed E-state index contributed by atoms with van der Waals surface area (Å²) in [5.74, 6) is -0.198. The number of carbonyl (C=O) groups excluding carboxylic acids is 1. The number of carbonyl (C=O) groups is 1. The summed E-state index contributed by atoms with van der Waals surface area (Å²) < 4.78 is 32.1. The van der Waals surface area contributed by atoms with Gasteiger partial charge in [-0.05, 0) is 42.5 Å². The van der Waals surface area contributed by atoms with Crippen molar-refractivity contribution in [3.05, 3.63) is 29.3 Å². The Morgan fingerprint density at radius 2 is 1.85 bits per heavy atom. The van der Waals surface area contributed by atoms with Crippen LogP contribution < -0.4 is 5.73 Å². The molecule has 1 fully saturated rings. The number of halogens is 1. The number of methoxy groups -OCH3 is 1. The maximum Gasteiger partial charge on any atom is 0.243 e. The van der Waals surface area contributed by atoms with Crippen LogP contribution in [0.25, 0.3) is 0 Å². The zero-order valence-corrected chi connectivity index (χ0v) is 16.5. The van der Waals surface area contributed by atoms with Gasteiger partial charge >= 0.3 is 0 Å². The fourth-order valence-corrected chi connectivity index (χ4v) is 4.97. The third-order valence-electron chi connectivity index (χ3n) is 4.92. The van der Waals surface area contributed by atoms with Crippen molar-refractivity contribution in [1.29, 1.82) is 0 Å². The Balaban J connectivity index is 0.00000243. The van der Waals surface area contributed by atoms with Crippen molar-refractivity contribution < 1.29 is 17.9 Å². The summed E-state index contributed by atoms with van der Waals surface area (Å²) in [7, 11) is -2.03. The second-order valence-corrected chi connectivity index (χ2v) is 8.51. The maximum atomic E-state index is 12.9. The van der Waals surface area contributed by atoms with Crippen molar-refractivity contribution in [3.63, 3.8) is 0 Å². The van der Waals surface area contributed by atoms with Crippen molar-refractivity contribution in [1.82, 2.24) is 9.21 Å². The minimum absolute atomic E-state index is 0. The van der Waals surface area contributed by atoms with Crippen LogP contribution in [0.5, 0.6) is 0 Å². The van der Waals surface area contributed by atoms with E-state index in [2.05, 4.69) is 0 Å². The lowest BCUT2D eigenvalue weighted by molar-refractivity contribution is -0.134. The molecule has 1 heterocycles. The first-order chi connectivity index (χ1) is 11.9. The van der Waals surface area contributed by atoms with E-state index in [0.717, 1.165) is 24.8 Å². The van der Waals surface area contributed by atoms with E-state index in [9.17, 15) is 13.2 Å². The topological polar surface area (TPSA) is 92.9 Å². The summed E-state index contributed by atoms with van der Waals surface area (Å²) >= 11 is 0. The highest BCUT2D eigenvalue weighted by Crippen LogP contribution is 2.26. The molecule has 1 atom stereocenters. The largest absolute Gasteiger partial charge is 0.383 e. The van der Waals surface area contributed by atoms with E-state index in [4.69, 9.17) is 10.5 Å². The molecule has 0 saturated carbocycles. The molecule has 0 radical (unpaired) electrons. The quantitative estimate of drug-likeness (QED) is 0.768. The number of hydrogen-bond acceptors (Lipinski definition) is 5. The third kappa shape index (κ3) is 4.20. The van der Waals surface area contributed by atoms with E-state index in [1.165, 1.54) is 17.0 Å². The molecule has 146 valence electrons. The molecule has 26 heavy (non-hydrogen) atoms. The first kappa shape index (κ1) is 21.1. The van der Waals surface area contributed by atoms with Crippen LogP contribution in [0.15, 0.2) is 23.1 Å². The summed E-state index contributed by atoms with van der Waals surface area (Å²) in [6.45, 7) is 1.42. The van der Waals surface area contributed by atoms with E-state index in [-0.39, 0.29) is 38.0 Å². The predicted octanol–water partition coefficient (Wildman–Crippen LogP) is 0.404. The van der Waals surface area contributed by atoms with Gasteiger partial charge in [-0.25, -0.2) is 8.42 Å². The van der Waals surface area contributed by atoms with Crippen molar-refractivity contribution in [3.8, 4) is 0 Å². The fourth-order valence-electron chi connectivity index (χ4n) is 3.49. The van der Waals surface area contributed by atoms with Crippen molar-refractivity contribution in [2.75, 3.05) is 39.9 Å². The lowest BCUT2D eigenvalue weighted by atomic mass is 10.1. The summed E-state index contributed by atoms with van der Waals surface area (Å²) in [4.78, 5) is 14.2. The van der Waals surface area contributed by atoms with Crippen LogP contribution >= 0.6 is 12.4 Å². The van der Waals surface area contributed by atoms with E-state index in [1.807, 2.05) is 12.1 Å². The van der Waals surface area contributed by atoms with Gasteiger partial charge in [0.2, 0.25) is 15.9 Å². The standard InChI is InChI=1S/C17H25N3O4S.ClH/c1-24-12-16(18)17(21)19-7-9-20(10-8-19)25(22,23)15-6-5-13-3-2-4-14(13)11-15;/h5-6,11,16H,2-4,7-10,12,18H2,1H3;1H. The highest BCUT2D eigenvalue weighted by molar-refractivity contribution is 7.89. The Morgan fingerprint density at radius 3 is 2.50 bits per heavy atom. The van der Waals surface area contributed by atoms with Crippen LogP contribution in [0.2, 0.25) is 0 Å². The zero-order valence-electron chi connectivity index (χ0n) is 14.9. The number of fused-ring (bicyclic) bond motifs is 1. The Labute approximate surface area is 160 Å². The molecular formula is C17H26ClN3O4S. The smallest absolute Gasteiger partial charge is 0.243 e. The SMILES string of the molecule is COCC(N)C(=O)N1CCN(S(=O)(=O)c2ccc3c(c2)CCC3)CC1.Cl. The van der Waals surface area contributed by atoms with Gasteiger partial charge in [-0.15, -0.1) is 12.4 Å². The van der Waals surface area contributed by atoms with Crippen LogP contribution in [-0.2, 0) is 32.4 Å². The molecule has 1 aliphatic carbocycles. The average Bonchev–Trinajstić information content (AvgIpc) is 3.09. The number of hydrogen-bond donors (Lipinski definition) is 1. The zero-order chi connectivity index (χ0) is 18.0. The second-order valence-electron chi connectivity index (χ2n) is 6.58. The third-order valence-corrected chi connectivity index (χ3v) is 6.82. The Bertz CT molecular complexity index is 748. The van der Waals surface area contributed by atoms with Gasteiger partial charge in [-0.2, -0.15) is 4.31 Å². The molecule has 7 nitrogen and oxygen atoms in total. The summed E-state index contributed by atoms with van der Waals surface area (Å²) in [5.41, 5.74) is 8.16. The molecule has 1 aromatic carbocycles. The molecule has 0 bridgehead atoms. The molecular weight excluding hydrogens is 378 g/mol. The van der Waals surface area contributed by atoms with Gasteiger partial charge in [0.1, 0.15) is 6.04 Å². The number of sulfonamides is 1. The number of amides is 1. The van der Waals surface area contributed by atoms with Crippen LogP contribution in [0.4, 0.5) is 0 Å². The maximum absolute atomic E-state index is 12.9. The van der Waals surface area contributed by atoms with Gasteiger partial charge in [0, 0.05) is 33.3 Å². The van der Waals surface area contributed by atoms with E-state index < -0.39 is 16.1 Å². The monoisotopic (exact) mass is 403 g/mol. The highest BCUT2D eigenvalue weighted by Gasteiger charge is 2.32. The van der Waals surface area contributed by atoms with Crippen LogP contribution in [0.1, 0.15) is 17.5 Å². The number of rotatable bonds is 5. The Kier molecular flexibility index (Phi) is 7.04. The van der Waals surface area contributed by atoms with E-state index in [0.29, 0.717) is 18.0 Å². The molecule has 0 spiro atoms. The summed E-state index contributed by atoms with van der Waals surface area (Å²) in [6.07, 6.45) is 3.05. The van der Waals surface area contributed by atoms with Gasteiger partial charge in [0.25, 0.3) is 0 Å². The van der Waals surface area contributed by atoms with E-state index >= 15 is 0 Å². The summed E-state index contributed by atoms with van der Waals surface area (Å²) in [6, 6.07) is 4.73. The molecule has 1 saturated heterocycles. The number of nitrogens with zero attached hydrogens (tertiary/aromatic N) is 2. The van der Waals surface area contributed by atoms with Crippen LogP contribution in [0, 0.1) is 0 Å². The molecule has 2 N–H and O–H groups in total. The van der Waals surface area contributed by atoms with Gasteiger partial charge in [0.05, 0.1) is 11.5 Å². The molecule has 9 heteroatoms. The number of piperazine rings is 1. The molecule has 1 amide bonds. The van der Waals surface area contributed by atoms with E-state index in [1.54, 1.807) is 11.0 Å². The number of benzene rings is 1. The molecule has 2 aliphatic rings. The molecule has 0 aromatic heterocycles. The minimum Gasteiger partial charge on any atom is -0.383 e. The first-order valence-corrected chi connectivity index (χ1v) is 10.0. The lowest BCUT2D eigenvalue weighted by Gasteiger charge is -2.35. The van der Waals surface area contributed by atoms with Gasteiger partial charge < -0.3 is 15.4 Å². The number of nitrogens with two attached hydrogens (primary N) is 1. The molecule has 1 aromatic rings. The Morgan fingerprint density at radius 1 is 1.19 bits per heavy atom. The van der Waals surface area contributed by atoms with Crippen molar-refractivity contribution in [2.24, 2.45) is 5.73 Å². The first-order valence-electron chi connectivity index (χ1n) is 8.58. The van der Waals surface area contributed by atoms with Gasteiger partial charge in [-0.1, -0.05) is 6.07 Å². The van der Waals surface area contributed by atoms with Crippen molar-refractivity contribution >= 4 is 28.3 Å². The minimum atomic E-state index is -3.52. The van der Waals surface area contributed by atoms with Crippen molar-refractivity contribution in [2.45, 2.75) is 30.2 Å². The lowest BCUT2D eigenvalue weighted by Crippen LogP contribution is -2.55. The van der Waals surface area contributed by atoms with Crippen LogP contribution in [-0.4, -0.2) is 69.5 Å². The normalized spacial score (nSPS) is 18.9. The summed E-state index contributed by atoms with van der Waals surface area (Å²) in [5, 5.41) is 0. The Hall–Kier alpha value is -1.19. The number of ether oxygens (including phenoxy) is 1. The molecule has 3 rings (SSSR count). The number of aryl methyl sites for hydroxylation is 2. The second kappa shape index (κ2) is 8.67. The average molecular weight is 404 g/mol. The molecule has 1 aliphatic heterocycles. The fraction of sp³-hybridized carbons (Fsp3) is 0.588.